The van der Waals surface area contributed by atoms with Crippen LogP contribution in [-0.4, -0.2) is 15.1 Å². The van der Waals surface area contributed by atoms with Gasteiger partial charge in [0.05, 0.1) is 21.4 Å². The van der Waals surface area contributed by atoms with Crippen LogP contribution in [0.5, 0.6) is 0 Å². The Morgan fingerprint density at radius 3 is 2.47 bits per heavy atom. The van der Waals surface area contributed by atoms with E-state index in [4.69, 9.17) is 16.1 Å². The van der Waals surface area contributed by atoms with E-state index in [2.05, 4.69) is 44.9 Å². The number of halogens is 2. The lowest BCUT2D eigenvalue weighted by molar-refractivity contribution is 0.393. The third kappa shape index (κ3) is 2.98. The van der Waals surface area contributed by atoms with E-state index >= 15 is 0 Å². The summed E-state index contributed by atoms with van der Waals surface area (Å²) in [6, 6.07) is 0. The zero-order chi connectivity index (χ0) is 14.2. The number of hydrogen-bond donors (Lipinski definition) is 0. The molecule has 102 valence electrons. The van der Waals surface area contributed by atoms with Crippen molar-refractivity contribution in [1.29, 1.82) is 0 Å². The minimum Gasteiger partial charge on any atom is -0.361 e. The largest absolute Gasteiger partial charge is 0.361 e. The van der Waals surface area contributed by atoms with Crippen molar-refractivity contribution < 1.29 is 4.52 Å². The van der Waals surface area contributed by atoms with Gasteiger partial charge in [-0.15, -0.1) is 0 Å². The summed E-state index contributed by atoms with van der Waals surface area (Å²) in [7, 11) is 0. The molecule has 0 aromatic carbocycles. The predicted octanol–water partition coefficient (Wildman–Crippen LogP) is 4.36. The van der Waals surface area contributed by atoms with E-state index in [1.807, 2.05) is 13.8 Å². The van der Waals surface area contributed by atoms with Gasteiger partial charge in [-0.3, -0.25) is 0 Å². The Balaban J connectivity index is 2.57. The van der Waals surface area contributed by atoms with Crippen LogP contribution in [0.25, 0.3) is 11.4 Å². The average molecular weight is 345 g/mol. The molecule has 6 heteroatoms. The minimum atomic E-state index is 0.417. The number of aryl methyl sites for hydroxylation is 2. The lowest BCUT2D eigenvalue weighted by Crippen LogP contribution is -2.03. The molecule has 4 nitrogen and oxygen atoms in total. The average Bonchev–Trinajstić information content (AvgIpc) is 2.64. The van der Waals surface area contributed by atoms with Gasteiger partial charge in [0.15, 0.2) is 5.82 Å². The van der Waals surface area contributed by atoms with E-state index in [-0.39, 0.29) is 0 Å². The highest BCUT2D eigenvalue weighted by Crippen LogP contribution is 2.30. The maximum Gasteiger partial charge on any atom is 0.166 e. The summed E-state index contributed by atoms with van der Waals surface area (Å²) in [5, 5.41) is 4.34. The summed E-state index contributed by atoms with van der Waals surface area (Å²) in [4.78, 5) is 8.91. The molecule has 0 fully saturated rings. The number of aromatic nitrogens is 3. The van der Waals surface area contributed by atoms with Crippen molar-refractivity contribution in [2.75, 3.05) is 0 Å². The molecular formula is C13H15BrClN3O. The van der Waals surface area contributed by atoms with Gasteiger partial charge >= 0.3 is 0 Å². The summed E-state index contributed by atoms with van der Waals surface area (Å²) in [6.07, 6.45) is 0.833. The molecule has 0 spiro atoms. The standard InChI is InChI=1S/C13H15BrClN3O/c1-6(2)5-9-11(14)12(15)17-13(16-9)10-7(3)18-19-8(10)4/h6H,5H2,1-4H3. The first-order valence-corrected chi connectivity index (χ1v) is 7.22. The van der Waals surface area contributed by atoms with Crippen molar-refractivity contribution >= 4 is 27.5 Å². The van der Waals surface area contributed by atoms with Crippen molar-refractivity contribution in [2.24, 2.45) is 5.92 Å². The van der Waals surface area contributed by atoms with E-state index in [0.717, 1.165) is 27.8 Å². The lowest BCUT2D eigenvalue weighted by Gasteiger charge is -2.09. The maximum atomic E-state index is 6.18. The van der Waals surface area contributed by atoms with Gasteiger partial charge in [0.1, 0.15) is 10.9 Å². The smallest absolute Gasteiger partial charge is 0.166 e. The zero-order valence-corrected chi connectivity index (χ0v) is 13.6. The molecule has 0 aliphatic heterocycles. The Kier molecular flexibility index (Phi) is 4.26. The fourth-order valence-electron chi connectivity index (χ4n) is 1.90. The van der Waals surface area contributed by atoms with Gasteiger partial charge in [-0.1, -0.05) is 30.6 Å². The summed E-state index contributed by atoms with van der Waals surface area (Å²) in [6.45, 7) is 7.99. The molecule has 0 unspecified atom stereocenters. The van der Waals surface area contributed by atoms with Crippen LogP contribution in [0.1, 0.15) is 31.0 Å². The highest BCUT2D eigenvalue weighted by Gasteiger charge is 2.18. The molecule has 2 heterocycles. The second kappa shape index (κ2) is 5.59. The Bertz CT molecular complexity index is 591. The van der Waals surface area contributed by atoms with Crippen molar-refractivity contribution in [3.8, 4) is 11.4 Å². The molecule has 0 amide bonds. The second-order valence-corrected chi connectivity index (χ2v) is 6.05. The maximum absolute atomic E-state index is 6.18. The van der Waals surface area contributed by atoms with E-state index in [9.17, 15) is 0 Å². The quantitative estimate of drug-likeness (QED) is 0.776. The van der Waals surface area contributed by atoms with Crippen LogP contribution in [0, 0.1) is 19.8 Å². The summed E-state index contributed by atoms with van der Waals surface area (Å²) < 4.78 is 5.92. The van der Waals surface area contributed by atoms with E-state index in [1.165, 1.54) is 0 Å². The van der Waals surface area contributed by atoms with Crippen molar-refractivity contribution in [3.05, 3.63) is 26.8 Å². The molecular weight excluding hydrogens is 330 g/mol. The van der Waals surface area contributed by atoms with Gasteiger partial charge < -0.3 is 4.52 Å². The third-order valence-corrected chi connectivity index (χ3v) is 4.07. The summed E-state index contributed by atoms with van der Waals surface area (Å²) in [5.41, 5.74) is 2.50. The topological polar surface area (TPSA) is 51.8 Å². The Labute approximate surface area is 125 Å². The monoisotopic (exact) mass is 343 g/mol. The van der Waals surface area contributed by atoms with Gasteiger partial charge in [-0.25, -0.2) is 9.97 Å². The first-order valence-electron chi connectivity index (χ1n) is 6.05. The van der Waals surface area contributed by atoms with Crippen LogP contribution in [0.4, 0.5) is 0 Å². The molecule has 0 bridgehead atoms. The molecule has 0 aliphatic rings. The molecule has 2 aromatic heterocycles. The normalized spacial score (nSPS) is 11.3. The SMILES string of the molecule is Cc1noc(C)c1-c1nc(Cl)c(Br)c(CC(C)C)n1. The minimum absolute atomic E-state index is 0.417. The first-order chi connectivity index (χ1) is 8.90. The lowest BCUT2D eigenvalue weighted by atomic mass is 10.1. The fourth-order valence-corrected chi connectivity index (χ4v) is 2.43. The van der Waals surface area contributed by atoms with E-state index in [1.54, 1.807) is 0 Å². The van der Waals surface area contributed by atoms with Crippen LogP contribution in [-0.2, 0) is 6.42 Å². The molecule has 2 aromatic rings. The van der Waals surface area contributed by atoms with Crippen LogP contribution in [0.2, 0.25) is 5.15 Å². The van der Waals surface area contributed by atoms with Gasteiger partial charge in [0.2, 0.25) is 0 Å². The molecule has 0 saturated heterocycles. The van der Waals surface area contributed by atoms with Gasteiger partial charge in [0.25, 0.3) is 0 Å². The number of rotatable bonds is 3. The molecule has 0 saturated carbocycles. The third-order valence-electron chi connectivity index (χ3n) is 2.74. The van der Waals surface area contributed by atoms with Gasteiger partial charge in [-0.2, -0.15) is 0 Å². The number of nitrogens with zero attached hydrogens (tertiary/aromatic N) is 3. The van der Waals surface area contributed by atoms with Crippen LogP contribution >= 0.6 is 27.5 Å². The molecule has 19 heavy (non-hydrogen) atoms. The van der Waals surface area contributed by atoms with E-state index in [0.29, 0.717) is 22.7 Å². The van der Waals surface area contributed by atoms with Crippen LogP contribution in [0.15, 0.2) is 9.00 Å². The molecule has 0 radical (unpaired) electrons. The molecule has 0 aliphatic carbocycles. The second-order valence-electron chi connectivity index (χ2n) is 4.90. The fraction of sp³-hybridized carbons (Fsp3) is 0.462. The molecule has 0 N–H and O–H groups in total. The Hall–Kier alpha value is -0.940. The highest BCUT2D eigenvalue weighted by molar-refractivity contribution is 9.10. The van der Waals surface area contributed by atoms with Crippen LogP contribution < -0.4 is 0 Å². The van der Waals surface area contributed by atoms with Gasteiger partial charge in [0, 0.05) is 0 Å². The summed E-state index contributed by atoms with van der Waals surface area (Å²) >= 11 is 9.62. The predicted molar refractivity (Wildman–Crippen MR) is 78.3 cm³/mol. The van der Waals surface area contributed by atoms with Gasteiger partial charge in [-0.05, 0) is 42.1 Å². The van der Waals surface area contributed by atoms with Crippen LogP contribution in [0.3, 0.4) is 0 Å². The van der Waals surface area contributed by atoms with E-state index < -0.39 is 0 Å². The number of hydrogen-bond acceptors (Lipinski definition) is 4. The first kappa shape index (κ1) is 14.5. The Morgan fingerprint density at radius 1 is 1.26 bits per heavy atom. The Morgan fingerprint density at radius 2 is 1.95 bits per heavy atom. The van der Waals surface area contributed by atoms with Crippen molar-refractivity contribution in [2.45, 2.75) is 34.1 Å². The summed E-state index contributed by atoms with van der Waals surface area (Å²) in [5.74, 6) is 1.76. The van der Waals surface area contributed by atoms with Crippen molar-refractivity contribution in [1.82, 2.24) is 15.1 Å². The van der Waals surface area contributed by atoms with Crippen molar-refractivity contribution in [3.63, 3.8) is 0 Å². The highest BCUT2D eigenvalue weighted by atomic mass is 79.9. The molecule has 0 atom stereocenters. The zero-order valence-electron chi connectivity index (χ0n) is 11.3. The molecule has 2 rings (SSSR count).